The van der Waals surface area contributed by atoms with E-state index in [2.05, 4.69) is 16.3 Å². The lowest BCUT2D eigenvalue weighted by Crippen LogP contribution is -2.28. The summed E-state index contributed by atoms with van der Waals surface area (Å²) in [5.74, 6) is -0.826. The predicted octanol–water partition coefficient (Wildman–Crippen LogP) is 9.91. The molecule has 2 heterocycles. The maximum absolute atomic E-state index is 13.7. The van der Waals surface area contributed by atoms with Crippen molar-refractivity contribution in [3.05, 3.63) is 139 Å². The molecule has 0 saturated carbocycles. The van der Waals surface area contributed by atoms with E-state index in [1.165, 1.54) is 11.6 Å². The van der Waals surface area contributed by atoms with Gasteiger partial charge < -0.3 is 9.73 Å². The molecule has 0 fully saturated rings. The van der Waals surface area contributed by atoms with Crippen molar-refractivity contribution in [2.75, 3.05) is 18.4 Å². The minimum atomic E-state index is -4.76. The number of halogens is 6. The van der Waals surface area contributed by atoms with E-state index in [1.807, 2.05) is 36.4 Å². The number of amides is 1. The molecule has 6 rings (SSSR count). The van der Waals surface area contributed by atoms with Gasteiger partial charge in [0.25, 0.3) is 0 Å². The lowest BCUT2D eigenvalue weighted by molar-refractivity contribution is -0.137. The Morgan fingerprint density at radius 1 is 0.894 bits per heavy atom. The van der Waals surface area contributed by atoms with Gasteiger partial charge in [-0.3, -0.25) is 9.69 Å². The molecule has 0 unspecified atom stereocenters. The third kappa shape index (κ3) is 7.41. The zero-order valence-corrected chi connectivity index (χ0v) is 26.9. The summed E-state index contributed by atoms with van der Waals surface area (Å²) < 4.78 is 46.7. The number of carbonyl (C=O) groups excluding carboxylic acids is 1. The molecule has 1 aliphatic rings. The van der Waals surface area contributed by atoms with Crippen LogP contribution < -0.4 is 10.9 Å². The summed E-state index contributed by atoms with van der Waals surface area (Å²) in [5, 5.41) is 3.82. The summed E-state index contributed by atoms with van der Waals surface area (Å²) in [7, 11) is 0. The van der Waals surface area contributed by atoms with Crippen molar-refractivity contribution < 1.29 is 22.4 Å². The molecule has 0 radical (unpaired) electrons. The molecule has 11 heteroatoms. The number of alkyl halides is 3. The third-order valence-electron chi connectivity index (χ3n) is 8.03. The van der Waals surface area contributed by atoms with Crippen LogP contribution in [0.1, 0.15) is 28.7 Å². The van der Waals surface area contributed by atoms with Gasteiger partial charge in [0.1, 0.15) is 5.58 Å². The van der Waals surface area contributed by atoms with E-state index < -0.39 is 35.4 Å². The van der Waals surface area contributed by atoms with Crippen LogP contribution in [0, 0.1) is 0 Å². The predicted molar refractivity (Wildman–Crippen MR) is 181 cm³/mol. The first kappa shape index (κ1) is 32.8. The maximum Gasteiger partial charge on any atom is 0.418 e. The van der Waals surface area contributed by atoms with E-state index in [0.29, 0.717) is 39.6 Å². The fourth-order valence-electron chi connectivity index (χ4n) is 5.76. The first-order valence-electron chi connectivity index (χ1n) is 14.6. The number of hydrogen-bond donors (Lipinski definition) is 1. The van der Waals surface area contributed by atoms with Crippen molar-refractivity contribution in [3.8, 4) is 11.1 Å². The van der Waals surface area contributed by atoms with Gasteiger partial charge in [-0.2, -0.15) is 13.2 Å². The number of nitrogens with zero attached hydrogens (tertiary/aromatic N) is 1. The summed E-state index contributed by atoms with van der Waals surface area (Å²) in [6, 6.07) is 23.2. The normalized spacial score (nSPS) is 13.9. The fourth-order valence-corrected chi connectivity index (χ4v) is 6.27. The van der Waals surface area contributed by atoms with Crippen molar-refractivity contribution in [2.24, 2.45) is 0 Å². The Kier molecular flexibility index (Phi) is 9.48. The molecule has 0 aliphatic carbocycles. The van der Waals surface area contributed by atoms with Crippen LogP contribution >= 0.6 is 34.8 Å². The van der Waals surface area contributed by atoms with Crippen LogP contribution in [0.15, 0.2) is 100 Å². The molecule has 4 aromatic carbocycles. The molecule has 1 N–H and O–H groups in total. The summed E-state index contributed by atoms with van der Waals surface area (Å²) in [6.07, 6.45) is -2.29. The molecule has 5 nitrogen and oxygen atoms in total. The van der Waals surface area contributed by atoms with Crippen molar-refractivity contribution >= 4 is 62.9 Å². The Labute approximate surface area is 283 Å². The minimum Gasteiger partial charge on any atom is -0.422 e. The zero-order chi connectivity index (χ0) is 33.3. The quantitative estimate of drug-likeness (QED) is 0.172. The molecular formula is C36H26Cl3F3N2O3. The van der Waals surface area contributed by atoms with Crippen LogP contribution in [0.2, 0.25) is 15.1 Å². The molecule has 240 valence electrons. The van der Waals surface area contributed by atoms with Crippen LogP contribution in [-0.2, 0) is 23.9 Å². The number of benzene rings is 4. The molecule has 1 aliphatic heterocycles. The molecule has 1 aromatic heterocycles. The van der Waals surface area contributed by atoms with Crippen LogP contribution in [-0.4, -0.2) is 23.9 Å². The van der Waals surface area contributed by atoms with E-state index in [0.717, 1.165) is 36.2 Å². The second-order valence-electron chi connectivity index (χ2n) is 11.2. The number of rotatable bonds is 7. The zero-order valence-electron chi connectivity index (χ0n) is 24.6. The van der Waals surface area contributed by atoms with Gasteiger partial charge in [-0.15, -0.1) is 0 Å². The first-order valence-corrected chi connectivity index (χ1v) is 15.8. The van der Waals surface area contributed by atoms with Crippen molar-refractivity contribution in [1.82, 2.24) is 4.90 Å². The van der Waals surface area contributed by atoms with Crippen molar-refractivity contribution in [3.63, 3.8) is 0 Å². The van der Waals surface area contributed by atoms with Gasteiger partial charge in [0.15, 0.2) is 0 Å². The maximum atomic E-state index is 13.7. The Balaban J connectivity index is 1.34. The second kappa shape index (κ2) is 13.6. The number of anilines is 1. The highest BCUT2D eigenvalue weighted by Gasteiger charge is 2.34. The molecule has 5 aromatic rings. The average Bonchev–Trinajstić information content (AvgIpc) is 3.04. The van der Waals surface area contributed by atoms with E-state index in [9.17, 15) is 22.8 Å². The lowest BCUT2D eigenvalue weighted by atomic mass is 9.94. The monoisotopic (exact) mass is 696 g/mol. The van der Waals surface area contributed by atoms with Crippen LogP contribution in [0.5, 0.6) is 0 Å². The van der Waals surface area contributed by atoms with Crippen LogP contribution in [0.3, 0.4) is 0 Å². The lowest BCUT2D eigenvalue weighted by Gasteiger charge is -2.27. The number of hydrogen-bond acceptors (Lipinski definition) is 4. The van der Waals surface area contributed by atoms with Gasteiger partial charge in [0, 0.05) is 51.7 Å². The van der Waals surface area contributed by atoms with E-state index in [-0.39, 0.29) is 16.2 Å². The molecule has 0 spiro atoms. The van der Waals surface area contributed by atoms with Crippen molar-refractivity contribution in [1.29, 1.82) is 0 Å². The smallest absolute Gasteiger partial charge is 0.418 e. The highest BCUT2D eigenvalue weighted by Crippen LogP contribution is 2.38. The highest BCUT2D eigenvalue weighted by atomic mass is 35.5. The van der Waals surface area contributed by atoms with Crippen LogP contribution in [0.25, 0.3) is 27.7 Å². The van der Waals surface area contributed by atoms with Gasteiger partial charge in [0.2, 0.25) is 5.91 Å². The standard InChI is InChI=1S/C36H26Cl3F3N2O3/c37-25-8-6-21(7-9-25)22-12-14-44(15-13-22)20-24-16-27-32(19-30(24)39)47-35(46)28(34(27)23-4-2-1-3-5-23)18-33(45)43-31-11-10-26(38)17-29(31)36(40,41)42/h1-12,16-17,19H,13-15,18,20H2,(H,43,45). The Morgan fingerprint density at radius 3 is 2.30 bits per heavy atom. The fraction of sp³-hybridized carbons (Fsp3) is 0.167. The largest absolute Gasteiger partial charge is 0.422 e. The molecule has 0 bridgehead atoms. The molecule has 0 atom stereocenters. The van der Waals surface area contributed by atoms with Gasteiger partial charge in [-0.1, -0.05) is 83.3 Å². The number of nitrogens with one attached hydrogen (secondary N) is 1. The molecule has 1 amide bonds. The van der Waals surface area contributed by atoms with Gasteiger partial charge in [-0.25, -0.2) is 4.79 Å². The highest BCUT2D eigenvalue weighted by molar-refractivity contribution is 6.32. The Morgan fingerprint density at radius 2 is 1.62 bits per heavy atom. The first-order chi connectivity index (χ1) is 22.5. The van der Waals surface area contributed by atoms with Crippen LogP contribution in [0.4, 0.5) is 18.9 Å². The molecule has 0 saturated heterocycles. The second-order valence-corrected chi connectivity index (χ2v) is 12.5. The van der Waals surface area contributed by atoms with E-state index in [1.54, 1.807) is 30.3 Å². The number of carbonyl (C=O) groups is 1. The topological polar surface area (TPSA) is 62.6 Å². The molecular weight excluding hydrogens is 672 g/mol. The van der Waals surface area contributed by atoms with E-state index >= 15 is 0 Å². The summed E-state index contributed by atoms with van der Waals surface area (Å²) >= 11 is 18.5. The Bertz CT molecular complexity index is 2060. The van der Waals surface area contributed by atoms with E-state index in [4.69, 9.17) is 39.2 Å². The van der Waals surface area contributed by atoms with Gasteiger partial charge >= 0.3 is 11.8 Å². The number of fused-ring (bicyclic) bond motifs is 1. The summed E-state index contributed by atoms with van der Waals surface area (Å²) in [4.78, 5) is 28.8. The van der Waals surface area contributed by atoms with Gasteiger partial charge in [-0.05, 0) is 65.1 Å². The van der Waals surface area contributed by atoms with Gasteiger partial charge in [0.05, 0.1) is 23.2 Å². The average molecular weight is 698 g/mol. The summed E-state index contributed by atoms with van der Waals surface area (Å²) in [6.45, 7) is 1.99. The SMILES string of the molecule is O=C(Cc1c(-c2ccccc2)c2cc(CN3CC=C(c4ccc(Cl)cc4)CC3)c(Cl)cc2oc1=O)Nc1ccc(Cl)cc1C(F)(F)F. The summed E-state index contributed by atoms with van der Waals surface area (Å²) in [5.41, 5.74) is 2.11. The minimum absolute atomic E-state index is 0.00510. The third-order valence-corrected chi connectivity index (χ3v) is 8.87. The Hall–Kier alpha value is -4.08. The molecule has 47 heavy (non-hydrogen) atoms. The van der Waals surface area contributed by atoms with Crippen molar-refractivity contribution in [2.45, 2.75) is 25.6 Å².